The highest BCUT2D eigenvalue weighted by atomic mass is 32.3. The highest BCUT2D eigenvalue weighted by Gasteiger charge is 2.53. The topological polar surface area (TPSA) is 104 Å². The molecular weight excluding hydrogens is 399 g/mol. The molecule has 0 saturated carbocycles. The Hall–Kier alpha value is -2.34. The summed E-state index contributed by atoms with van der Waals surface area (Å²) in [7, 11) is -4.91. The van der Waals surface area contributed by atoms with Crippen LogP contribution in [0.2, 0.25) is 0 Å². The van der Waals surface area contributed by atoms with Crippen molar-refractivity contribution in [3.63, 3.8) is 0 Å². The number of benzene rings is 1. The van der Waals surface area contributed by atoms with Gasteiger partial charge >= 0.3 is 16.4 Å². The average molecular weight is 412 g/mol. The van der Waals surface area contributed by atoms with Gasteiger partial charge in [0.1, 0.15) is 17.9 Å². The van der Waals surface area contributed by atoms with E-state index in [2.05, 4.69) is 4.28 Å². The van der Waals surface area contributed by atoms with Crippen LogP contribution < -0.4 is 0 Å². The second-order valence-corrected chi connectivity index (χ2v) is 8.14. The number of amides is 2. The monoisotopic (exact) mass is 412 g/mol. The Labute approximate surface area is 157 Å². The van der Waals surface area contributed by atoms with Crippen LogP contribution >= 0.6 is 11.3 Å². The summed E-state index contributed by atoms with van der Waals surface area (Å²) in [6.07, 6.45) is 0. The number of nitrogens with zero attached hydrogens (tertiary/aromatic N) is 2. The van der Waals surface area contributed by atoms with Gasteiger partial charge in [0.25, 0.3) is 0 Å². The van der Waals surface area contributed by atoms with Crippen molar-refractivity contribution < 1.29 is 31.2 Å². The Kier molecular flexibility index (Phi) is 4.07. The van der Waals surface area contributed by atoms with Gasteiger partial charge in [-0.15, -0.1) is 15.6 Å². The number of hydrogen-bond donors (Lipinski definition) is 1. The first-order valence-electron chi connectivity index (χ1n) is 7.82. The number of halogens is 1. The summed E-state index contributed by atoms with van der Waals surface area (Å²) >= 11 is 1.24. The second-order valence-electron chi connectivity index (χ2n) is 6.23. The molecule has 3 heterocycles. The van der Waals surface area contributed by atoms with Crippen molar-refractivity contribution >= 4 is 33.6 Å². The average Bonchev–Trinajstić information content (AvgIpc) is 3.11. The van der Waals surface area contributed by atoms with Gasteiger partial charge in [0, 0.05) is 10.4 Å². The maximum Gasteiger partial charge on any atom is 0.418 e. The van der Waals surface area contributed by atoms with E-state index in [1.54, 1.807) is 17.5 Å². The number of fused-ring (bicyclic) bond motifs is 4. The zero-order chi connectivity index (χ0) is 19.5. The second kappa shape index (κ2) is 6.09. The minimum atomic E-state index is -4.91. The van der Waals surface area contributed by atoms with Gasteiger partial charge in [0.2, 0.25) is 0 Å². The summed E-state index contributed by atoms with van der Waals surface area (Å²) in [4.78, 5) is 26.7. The van der Waals surface area contributed by atoms with Crippen LogP contribution in [0.15, 0.2) is 29.6 Å². The van der Waals surface area contributed by atoms with Crippen molar-refractivity contribution in [1.29, 1.82) is 0 Å². The van der Waals surface area contributed by atoms with E-state index in [-0.39, 0.29) is 12.3 Å². The number of urea groups is 1. The number of hydrogen-bond acceptors (Lipinski definition) is 6. The number of ketones is 1. The Morgan fingerprint density at radius 3 is 2.59 bits per heavy atom. The summed E-state index contributed by atoms with van der Waals surface area (Å²) in [5.74, 6) is -0.712. The summed E-state index contributed by atoms with van der Waals surface area (Å²) in [5, 5.41) is 2.34. The molecule has 8 nitrogen and oxygen atoms in total. The molecule has 142 valence electrons. The third kappa shape index (κ3) is 2.92. The van der Waals surface area contributed by atoms with Crippen LogP contribution in [0.25, 0.3) is 11.1 Å². The fourth-order valence-electron chi connectivity index (χ4n) is 3.54. The van der Waals surface area contributed by atoms with Crippen molar-refractivity contribution in [2.24, 2.45) is 0 Å². The third-order valence-corrected chi connectivity index (χ3v) is 6.00. The SMILES string of the molecule is CC(=O)[C@@H]1c2c(-c3ccc(F)cc3)csc2C2CN1C(=O)N2OS(=O)(=O)O. The van der Waals surface area contributed by atoms with Gasteiger partial charge in [-0.05, 0) is 35.6 Å². The Morgan fingerprint density at radius 2 is 2.00 bits per heavy atom. The Balaban J connectivity index is 1.87. The maximum atomic E-state index is 13.3. The number of hydroxylamine groups is 2. The van der Waals surface area contributed by atoms with Crippen LogP contribution in [-0.4, -0.2) is 41.3 Å². The third-order valence-electron chi connectivity index (χ3n) is 4.55. The largest absolute Gasteiger partial charge is 0.418 e. The van der Waals surface area contributed by atoms with E-state index in [0.717, 1.165) is 0 Å². The molecule has 0 aliphatic carbocycles. The van der Waals surface area contributed by atoms with Gasteiger partial charge in [-0.2, -0.15) is 13.5 Å². The smallest absolute Gasteiger partial charge is 0.306 e. The standard InChI is InChI=1S/C16H13FN2O6S2/c1-8(20)14-13-11(9-2-4-10(17)5-3-9)7-26-15(13)12-6-18(14)16(21)19(12)25-27(22,23)24/h2-5,7,12,14H,6H2,1H3,(H,22,23,24)/t12?,14-/m1/s1. The summed E-state index contributed by atoms with van der Waals surface area (Å²) < 4.78 is 49.0. The van der Waals surface area contributed by atoms with E-state index in [4.69, 9.17) is 4.55 Å². The van der Waals surface area contributed by atoms with Crippen LogP contribution in [0.5, 0.6) is 0 Å². The predicted octanol–water partition coefficient (Wildman–Crippen LogP) is 2.71. The van der Waals surface area contributed by atoms with Crippen molar-refractivity contribution in [2.45, 2.75) is 19.0 Å². The van der Waals surface area contributed by atoms with Crippen molar-refractivity contribution in [1.82, 2.24) is 9.96 Å². The van der Waals surface area contributed by atoms with Gasteiger partial charge in [-0.25, -0.2) is 9.18 Å². The number of carbonyl (C=O) groups is 2. The molecule has 2 aromatic rings. The van der Waals surface area contributed by atoms with Gasteiger partial charge in [-0.3, -0.25) is 9.35 Å². The number of rotatable bonds is 4. The van der Waals surface area contributed by atoms with Gasteiger partial charge < -0.3 is 4.90 Å². The van der Waals surface area contributed by atoms with Crippen LogP contribution in [0, 0.1) is 5.82 Å². The minimum Gasteiger partial charge on any atom is -0.306 e. The first-order valence-corrected chi connectivity index (χ1v) is 10.1. The molecule has 0 radical (unpaired) electrons. The van der Waals surface area contributed by atoms with E-state index < -0.39 is 34.3 Å². The van der Waals surface area contributed by atoms with E-state index in [9.17, 15) is 22.4 Å². The van der Waals surface area contributed by atoms with E-state index in [1.165, 1.54) is 35.3 Å². The van der Waals surface area contributed by atoms with Gasteiger partial charge in [-0.1, -0.05) is 12.1 Å². The first-order chi connectivity index (χ1) is 12.7. The molecule has 11 heteroatoms. The first kappa shape index (κ1) is 18.0. The summed E-state index contributed by atoms with van der Waals surface area (Å²) in [6.45, 7) is 1.38. The van der Waals surface area contributed by atoms with E-state index in [0.29, 0.717) is 26.6 Å². The molecule has 2 bridgehead atoms. The van der Waals surface area contributed by atoms with E-state index >= 15 is 0 Å². The minimum absolute atomic E-state index is 0.0506. The molecule has 1 unspecified atom stereocenters. The predicted molar refractivity (Wildman–Crippen MR) is 92.5 cm³/mol. The van der Waals surface area contributed by atoms with Crippen molar-refractivity contribution in [3.8, 4) is 11.1 Å². The molecular formula is C16H13FN2O6S2. The van der Waals surface area contributed by atoms with Gasteiger partial charge in [0.05, 0.1) is 6.54 Å². The Bertz CT molecular complexity index is 1050. The fourth-order valence-corrected chi connectivity index (χ4v) is 5.10. The molecule has 0 spiro atoms. The highest BCUT2D eigenvalue weighted by molar-refractivity contribution is 7.80. The number of carbonyl (C=O) groups excluding carboxylic acids is 2. The number of thiophene rings is 1. The zero-order valence-corrected chi connectivity index (χ0v) is 15.5. The fraction of sp³-hybridized carbons (Fsp3) is 0.250. The zero-order valence-electron chi connectivity index (χ0n) is 13.8. The van der Waals surface area contributed by atoms with Crippen LogP contribution in [0.3, 0.4) is 0 Å². The molecule has 2 aliphatic rings. The van der Waals surface area contributed by atoms with Crippen LogP contribution in [0.4, 0.5) is 9.18 Å². The molecule has 2 amide bonds. The molecule has 2 atom stereocenters. The lowest BCUT2D eigenvalue weighted by atomic mass is 9.90. The molecule has 1 fully saturated rings. The van der Waals surface area contributed by atoms with Gasteiger partial charge in [0.15, 0.2) is 5.78 Å². The van der Waals surface area contributed by atoms with Crippen molar-refractivity contribution in [3.05, 3.63) is 45.9 Å². The molecule has 1 N–H and O–H groups in total. The Morgan fingerprint density at radius 1 is 1.33 bits per heavy atom. The van der Waals surface area contributed by atoms with Crippen molar-refractivity contribution in [2.75, 3.05) is 6.54 Å². The van der Waals surface area contributed by atoms with Crippen LogP contribution in [0.1, 0.15) is 29.4 Å². The molecule has 4 rings (SSSR count). The molecule has 1 saturated heterocycles. The molecule has 1 aromatic heterocycles. The molecule has 27 heavy (non-hydrogen) atoms. The lowest BCUT2D eigenvalue weighted by molar-refractivity contribution is -0.121. The highest BCUT2D eigenvalue weighted by Crippen LogP contribution is 2.50. The lowest BCUT2D eigenvalue weighted by Crippen LogP contribution is -2.37. The summed E-state index contributed by atoms with van der Waals surface area (Å²) in [6, 6.07) is 3.17. The lowest BCUT2D eigenvalue weighted by Gasteiger charge is -2.30. The van der Waals surface area contributed by atoms with Crippen LogP contribution in [-0.2, 0) is 19.5 Å². The quantitative estimate of drug-likeness (QED) is 0.775. The maximum absolute atomic E-state index is 13.3. The summed E-state index contributed by atoms with van der Waals surface area (Å²) in [5.41, 5.74) is 1.88. The normalized spacial score (nSPS) is 21.5. The molecule has 1 aromatic carbocycles. The number of Topliss-reactive ketones (excluding diaryl/α,β-unsaturated/α-hetero) is 1. The van der Waals surface area contributed by atoms with E-state index in [1.807, 2.05) is 0 Å². The molecule has 2 aliphatic heterocycles.